The van der Waals surface area contributed by atoms with E-state index >= 15 is 0 Å². The minimum Gasteiger partial charge on any atom is -0.484 e. The normalized spacial score (nSPS) is 15.5. The first-order chi connectivity index (χ1) is 13.8. The highest BCUT2D eigenvalue weighted by molar-refractivity contribution is 7.85. The van der Waals surface area contributed by atoms with E-state index in [2.05, 4.69) is 15.0 Å². The molecule has 1 aliphatic rings. The molecule has 1 atom stereocenters. The van der Waals surface area contributed by atoms with E-state index in [9.17, 15) is 17.4 Å². The Labute approximate surface area is 171 Å². The minimum absolute atomic E-state index is 0. The van der Waals surface area contributed by atoms with Gasteiger partial charge in [-0.2, -0.15) is 13.2 Å². The average molecular weight is 444 g/mol. The van der Waals surface area contributed by atoms with E-state index in [1.807, 2.05) is 0 Å². The molecule has 4 heterocycles. The predicted molar refractivity (Wildman–Crippen MR) is 103 cm³/mol. The first kappa shape index (κ1) is 22.1. The lowest BCUT2D eigenvalue weighted by Crippen LogP contribution is -2.38. The molecule has 0 aromatic carbocycles. The third kappa shape index (κ3) is 4.02. The van der Waals surface area contributed by atoms with Crippen LogP contribution < -0.4 is 4.74 Å². The molecule has 0 bridgehead atoms. The van der Waals surface area contributed by atoms with E-state index in [1.165, 1.54) is 6.20 Å². The summed E-state index contributed by atoms with van der Waals surface area (Å²) in [5.41, 5.74) is -0.150. The van der Waals surface area contributed by atoms with Gasteiger partial charge in [0.15, 0.2) is 5.82 Å². The van der Waals surface area contributed by atoms with Crippen molar-refractivity contribution in [3.63, 3.8) is 0 Å². The maximum absolute atomic E-state index is 13.0. The summed E-state index contributed by atoms with van der Waals surface area (Å²) < 4.78 is 63.9. The van der Waals surface area contributed by atoms with Gasteiger partial charge in [0.2, 0.25) is 0 Å². The van der Waals surface area contributed by atoms with Crippen LogP contribution in [0.25, 0.3) is 22.6 Å². The summed E-state index contributed by atoms with van der Waals surface area (Å²) in [6.07, 6.45) is -2.03. The van der Waals surface area contributed by atoms with Crippen LogP contribution in [0.3, 0.4) is 0 Å². The van der Waals surface area contributed by atoms with Gasteiger partial charge in [-0.05, 0) is 6.07 Å². The zero-order valence-electron chi connectivity index (χ0n) is 16.1. The fraction of sp³-hybridized carbons (Fsp3) is 0.389. The predicted octanol–water partition coefficient (Wildman–Crippen LogP) is 2.13. The second-order valence-corrected chi connectivity index (χ2v) is 8.19. The van der Waals surface area contributed by atoms with Crippen LogP contribution in [0.1, 0.15) is 12.6 Å². The lowest BCUT2D eigenvalue weighted by Gasteiger charge is -2.26. The molecule has 0 spiro atoms. The van der Waals surface area contributed by atoms with Gasteiger partial charge in [0.25, 0.3) is 0 Å². The number of hydrogen-bond acceptors (Lipinski definition) is 6. The second-order valence-electron chi connectivity index (χ2n) is 6.48. The molecule has 162 valence electrons. The van der Waals surface area contributed by atoms with E-state index in [4.69, 9.17) is 9.47 Å². The summed E-state index contributed by atoms with van der Waals surface area (Å²) in [6.45, 7) is 2.72. The number of halogens is 3. The zero-order valence-corrected chi connectivity index (χ0v) is 16.9. The van der Waals surface area contributed by atoms with Crippen molar-refractivity contribution in [3.8, 4) is 17.3 Å². The quantitative estimate of drug-likeness (QED) is 0.596. The molecule has 0 aliphatic carbocycles. The lowest BCUT2D eigenvalue weighted by molar-refractivity contribution is -0.141. The van der Waals surface area contributed by atoms with E-state index < -0.39 is 22.7 Å². The molecule has 1 saturated heterocycles. The number of aryl methyl sites for hydroxylation is 1. The Hall–Kier alpha value is -2.57. The summed E-state index contributed by atoms with van der Waals surface area (Å²) >= 11 is 0. The fourth-order valence-corrected chi connectivity index (χ4v) is 3.84. The number of nitrogens with zero attached hydrogens (tertiary/aromatic N) is 4. The highest BCUT2D eigenvalue weighted by atomic mass is 32.2. The van der Waals surface area contributed by atoms with Gasteiger partial charge in [-0.15, -0.1) is 0 Å². The summed E-state index contributed by atoms with van der Waals surface area (Å²) in [5.74, 6) is 1.10. The first-order valence-electron chi connectivity index (χ1n) is 8.80. The van der Waals surface area contributed by atoms with Gasteiger partial charge in [0, 0.05) is 18.9 Å². The van der Waals surface area contributed by atoms with Crippen LogP contribution in [0.15, 0.2) is 29.4 Å². The van der Waals surface area contributed by atoms with Crippen molar-refractivity contribution in [1.82, 2.24) is 19.5 Å². The van der Waals surface area contributed by atoms with Gasteiger partial charge < -0.3 is 19.5 Å². The Morgan fingerprint density at radius 3 is 2.60 bits per heavy atom. The second kappa shape index (κ2) is 8.28. The van der Waals surface area contributed by atoms with Crippen LogP contribution in [0.5, 0.6) is 5.75 Å². The maximum atomic E-state index is 13.0. The van der Waals surface area contributed by atoms with E-state index in [1.54, 1.807) is 24.6 Å². The van der Waals surface area contributed by atoms with Crippen LogP contribution in [0.4, 0.5) is 13.2 Å². The monoisotopic (exact) mass is 444 g/mol. The standard InChI is InChI=1S/C18H17F3N4O3S.H2O/c1-3-29(26)14-4-10(28-11-8-27-9-11)6-23-16(14)17-24-12-5-15(18(19,20)21)22-7-13(12)25(17)2;/h4-7,11H,3,8-9H2,1-2H3;1H2. The van der Waals surface area contributed by atoms with Crippen molar-refractivity contribution in [2.24, 2.45) is 7.05 Å². The number of hydrogen-bond donors (Lipinski definition) is 0. The summed E-state index contributed by atoms with van der Waals surface area (Å²) in [6, 6.07) is 2.53. The highest BCUT2D eigenvalue weighted by Crippen LogP contribution is 2.33. The SMILES string of the molecule is CCS(=O)c1cc(OC2COC2)cnc1-c1nc2cc(C(F)(F)F)ncc2n1C.O. The Morgan fingerprint density at radius 1 is 1.27 bits per heavy atom. The van der Waals surface area contributed by atoms with Crippen molar-refractivity contribution >= 4 is 21.8 Å². The van der Waals surface area contributed by atoms with Gasteiger partial charge in [-0.25, -0.2) is 15.0 Å². The van der Waals surface area contributed by atoms with Crippen LogP contribution in [0, 0.1) is 0 Å². The van der Waals surface area contributed by atoms with Crippen LogP contribution >= 0.6 is 0 Å². The molecular formula is C18H19F3N4O4S. The highest BCUT2D eigenvalue weighted by Gasteiger charge is 2.33. The molecule has 1 aliphatic heterocycles. The summed E-state index contributed by atoms with van der Waals surface area (Å²) in [4.78, 5) is 12.6. The molecule has 0 saturated carbocycles. The van der Waals surface area contributed by atoms with Crippen molar-refractivity contribution in [2.45, 2.75) is 24.1 Å². The first-order valence-corrected chi connectivity index (χ1v) is 10.1. The van der Waals surface area contributed by atoms with Crippen molar-refractivity contribution in [3.05, 3.63) is 30.2 Å². The van der Waals surface area contributed by atoms with Gasteiger partial charge in [0.05, 0.1) is 52.3 Å². The molecule has 0 amide bonds. The smallest absolute Gasteiger partial charge is 0.433 e. The molecule has 30 heavy (non-hydrogen) atoms. The van der Waals surface area contributed by atoms with Crippen molar-refractivity contribution in [2.75, 3.05) is 19.0 Å². The molecular weight excluding hydrogens is 425 g/mol. The van der Waals surface area contributed by atoms with Crippen LogP contribution in [-0.2, 0) is 28.8 Å². The van der Waals surface area contributed by atoms with Gasteiger partial charge in [-0.3, -0.25) is 4.21 Å². The summed E-state index contributed by atoms with van der Waals surface area (Å²) in [5, 5.41) is 0. The number of ether oxygens (including phenoxy) is 2. The van der Waals surface area contributed by atoms with Crippen LogP contribution in [-0.4, -0.2) is 54.3 Å². The number of rotatable bonds is 5. The molecule has 2 N–H and O–H groups in total. The Bertz CT molecular complexity index is 1100. The molecule has 0 radical (unpaired) electrons. The van der Waals surface area contributed by atoms with Crippen molar-refractivity contribution in [1.29, 1.82) is 0 Å². The summed E-state index contributed by atoms with van der Waals surface area (Å²) in [7, 11) is 0.266. The van der Waals surface area contributed by atoms with Gasteiger partial charge in [-0.1, -0.05) is 6.92 Å². The van der Waals surface area contributed by atoms with Gasteiger partial charge >= 0.3 is 6.18 Å². The molecule has 4 rings (SSSR count). The average Bonchev–Trinajstić information content (AvgIpc) is 2.99. The number of fused-ring (bicyclic) bond motifs is 1. The number of aromatic nitrogens is 4. The molecule has 3 aromatic rings. The minimum atomic E-state index is -4.57. The zero-order chi connectivity index (χ0) is 20.8. The molecule has 8 nitrogen and oxygen atoms in total. The van der Waals surface area contributed by atoms with Crippen molar-refractivity contribution < 1.29 is 32.3 Å². The Balaban J connectivity index is 0.00000256. The Kier molecular flexibility index (Phi) is 6.11. The maximum Gasteiger partial charge on any atom is 0.433 e. The van der Waals surface area contributed by atoms with E-state index in [0.29, 0.717) is 46.6 Å². The van der Waals surface area contributed by atoms with Crippen LogP contribution in [0.2, 0.25) is 0 Å². The fourth-order valence-electron chi connectivity index (χ4n) is 2.92. The molecule has 12 heteroatoms. The largest absolute Gasteiger partial charge is 0.484 e. The molecule has 1 fully saturated rings. The number of imidazole rings is 1. The molecule has 3 aromatic heterocycles. The number of alkyl halides is 3. The van der Waals surface area contributed by atoms with Gasteiger partial charge in [0.1, 0.15) is 23.2 Å². The third-order valence-electron chi connectivity index (χ3n) is 4.51. The lowest BCUT2D eigenvalue weighted by atomic mass is 10.3. The topological polar surface area (TPSA) is 111 Å². The van der Waals surface area contributed by atoms with E-state index in [0.717, 1.165) is 12.3 Å². The Morgan fingerprint density at radius 2 is 2.00 bits per heavy atom. The molecule has 1 unspecified atom stereocenters. The number of pyridine rings is 2. The third-order valence-corrected chi connectivity index (χ3v) is 5.84. The van der Waals surface area contributed by atoms with E-state index in [-0.39, 0.29) is 17.1 Å².